The molecule has 0 radical (unpaired) electrons. The van der Waals surface area contributed by atoms with Gasteiger partial charge in [-0.1, -0.05) is 53.4 Å². The van der Waals surface area contributed by atoms with Crippen LogP contribution < -0.4 is 0 Å². The van der Waals surface area contributed by atoms with Crippen LogP contribution in [0.3, 0.4) is 0 Å². The van der Waals surface area contributed by atoms with E-state index in [2.05, 4.69) is 49.0 Å². The molecule has 1 atom stereocenters. The smallest absolute Gasteiger partial charge is 0.121 e. The first kappa shape index (κ1) is 15.3. The van der Waals surface area contributed by atoms with Crippen molar-refractivity contribution in [1.82, 2.24) is 9.91 Å². The van der Waals surface area contributed by atoms with E-state index in [-0.39, 0.29) is 0 Å². The second-order valence-corrected chi connectivity index (χ2v) is 5.70. The Hall–Kier alpha value is -0.730. The van der Waals surface area contributed by atoms with Crippen LogP contribution in [0.5, 0.6) is 0 Å². The zero-order valence-electron chi connectivity index (χ0n) is 12.7. The SMILES string of the molecule is CCCCCCN1N=CN(CCCC)C1C(C)C. The van der Waals surface area contributed by atoms with Crippen LogP contribution in [0, 0.1) is 5.92 Å². The lowest BCUT2D eigenvalue weighted by Gasteiger charge is -2.33. The van der Waals surface area contributed by atoms with E-state index in [0.717, 1.165) is 13.1 Å². The van der Waals surface area contributed by atoms with Crippen molar-refractivity contribution >= 4 is 6.34 Å². The van der Waals surface area contributed by atoms with Crippen LogP contribution in [-0.4, -0.2) is 35.5 Å². The average Bonchev–Trinajstić information content (AvgIpc) is 2.75. The normalized spacial score (nSPS) is 19.3. The molecule has 0 aliphatic carbocycles. The van der Waals surface area contributed by atoms with Crippen LogP contribution in [0.2, 0.25) is 0 Å². The van der Waals surface area contributed by atoms with Gasteiger partial charge in [0.25, 0.3) is 0 Å². The van der Waals surface area contributed by atoms with E-state index in [1.165, 1.54) is 38.5 Å². The highest BCUT2D eigenvalue weighted by Gasteiger charge is 2.29. The molecule has 1 aliphatic heterocycles. The summed E-state index contributed by atoms with van der Waals surface area (Å²) in [7, 11) is 0. The summed E-state index contributed by atoms with van der Waals surface area (Å²) in [5.74, 6) is 0.635. The van der Waals surface area contributed by atoms with Gasteiger partial charge in [0.2, 0.25) is 0 Å². The predicted molar refractivity (Wildman–Crippen MR) is 79.6 cm³/mol. The fourth-order valence-electron chi connectivity index (χ4n) is 2.59. The Morgan fingerprint density at radius 2 is 1.72 bits per heavy atom. The van der Waals surface area contributed by atoms with Gasteiger partial charge in [-0.25, -0.2) is 0 Å². The molecule has 0 saturated carbocycles. The fourth-order valence-corrected chi connectivity index (χ4v) is 2.59. The molecule has 0 spiro atoms. The lowest BCUT2D eigenvalue weighted by Crippen LogP contribution is -2.44. The Bertz CT molecular complexity index is 238. The molecule has 0 aromatic heterocycles. The minimum atomic E-state index is 0.484. The van der Waals surface area contributed by atoms with Crippen molar-refractivity contribution in [3.8, 4) is 0 Å². The maximum absolute atomic E-state index is 4.60. The van der Waals surface area contributed by atoms with E-state index in [0.29, 0.717) is 12.1 Å². The van der Waals surface area contributed by atoms with Gasteiger partial charge in [0.1, 0.15) is 12.5 Å². The standard InChI is InChI=1S/C15H31N3/c1-5-7-9-10-12-18-15(14(3)4)17(13-16-18)11-8-6-2/h13-15H,5-12H2,1-4H3. The van der Waals surface area contributed by atoms with E-state index < -0.39 is 0 Å². The average molecular weight is 253 g/mol. The molecule has 1 unspecified atom stereocenters. The monoisotopic (exact) mass is 253 g/mol. The van der Waals surface area contributed by atoms with E-state index in [1.54, 1.807) is 0 Å². The van der Waals surface area contributed by atoms with E-state index in [1.807, 2.05) is 0 Å². The molecule has 1 heterocycles. The van der Waals surface area contributed by atoms with Crippen molar-refractivity contribution in [3.05, 3.63) is 0 Å². The van der Waals surface area contributed by atoms with Gasteiger partial charge in [0.15, 0.2) is 0 Å². The Balaban J connectivity index is 2.40. The molecule has 3 heteroatoms. The largest absolute Gasteiger partial charge is 0.339 e. The van der Waals surface area contributed by atoms with Gasteiger partial charge in [-0.3, -0.25) is 5.01 Å². The predicted octanol–water partition coefficient (Wildman–Crippen LogP) is 3.91. The molecule has 18 heavy (non-hydrogen) atoms. The van der Waals surface area contributed by atoms with Gasteiger partial charge in [0.05, 0.1) is 0 Å². The Morgan fingerprint density at radius 1 is 1.00 bits per heavy atom. The van der Waals surface area contributed by atoms with Gasteiger partial charge in [-0.05, 0) is 18.8 Å². The van der Waals surface area contributed by atoms with Gasteiger partial charge in [-0.2, -0.15) is 5.10 Å². The maximum atomic E-state index is 4.60. The maximum Gasteiger partial charge on any atom is 0.121 e. The number of nitrogens with zero attached hydrogens (tertiary/aromatic N) is 3. The molecule has 0 fully saturated rings. The second-order valence-electron chi connectivity index (χ2n) is 5.70. The van der Waals surface area contributed by atoms with Crippen molar-refractivity contribution in [2.75, 3.05) is 13.1 Å². The van der Waals surface area contributed by atoms with Gasteiger partial charge >= 0.3 is 0 Å². The minimum absolute atomic E-state index is 0.484. The van der Waals surface area contributed by atoms with Gasteiger partial charge in [0, 0.05) is 13.1 Å². The first-order valence-electron chi connectivity index (χ1n) is 7.77. The summed E-state index contributed by atoms with van der Waals surface area (Å²) in [6.07, 6.45) is 10.3. The van der Waals surface area contributed by atoms with E-state index >= 15 is 0 Å². The van der Waals surface area contributed by atoms with Crippen LogP contribution >= 0.6 is 0 Å². The van der Waals surface area contributed by atoms with Crippen LogP contribution in [0.25, 0.3) is 0 Å². The molecular weight excluding hydrogens is 222 g/mol. The summed E-state index contributed by atoms with van der Waals surface area (Å²) in [5.41, 5.74) is 0. The lowest BCUT2D eigenvalue weighted by molar-refractivity contribution is 0.0866. The summed E-state index contributed by atoms with van der Waals surface area (Å²) in [5, 5.41) is 6.91. The summed E-state index contributed by atoms with van der Waals surface area (Å²) in [6.45, 7) is 11.4. The van der Waals surface area contributed by atoms with E-state index in [4.69, 9.17) is 0 Å². The third kappa shape index (κ3) is 4.51. The first-order chi connectivity index (χ1) is 8.70. The second kappa shape index (κ2) is 8.39. The summed E-state index contributed by atoms with van der Waals surface area (Å²) < 4.78 is 0. The van der Waals surface area contributed by atoms with Crippen molar-refractivity contribution in [1.29, 1.82) is 0 Å². The van der Waals surface area contributed by atoms with Crippen molar-refractivity contribution in [3.63, 3.8) is 0 Å². The van der Waals surface area contributed by atoms with Crippen LogP contribution in [0.4, 0.5) is 0 Å². The number of hydrogen-bond acceptors (Lipinski definition) is 3. The van der Waals surface area contributed by atoms with Crippen molar-refractivity contribution in [2.45, 2.75) is 72.4 Å². The molecular formula is C15H31N3. The molecule has 106 valence electrons. The Kier molecular flexibility index (Phi) is 7.14. The van der Waals surface area contributed by atoms with E-state index in [9.17, 15) is 0 Å². The Morgan fingerprint density at radius 3 is 2.33 bits per heavy atom. The van der Waals surface area contributed by atoms with Crippen LogP contribution in [0.1, 0.15) is 66.2 Å². The Labute approximate surface area is 113 Å². The fraction of sp³-hybridized carbons (Fsp3) is 0.933. The van der Waals surface area contributed by atoms with Crippen molar-refractivity contribution < 1.29 is 0 Å². The van der Waals surface area contributed by atoms with Crippen LogP contribution in [-0.2, 0) is 0 Å². The third-order valence-corrected chi connectivity index (χ3v) is 3.60. The zero-order valence-corrected chi connectivity index (χ0v) is 12.7. The summed E-state index contributed by atoms with van der Waals surface area (Å²) in [6, 6.07) is 0. The highest BCUT2D eigenvalue weighted by atomic mass is 15.6. The quantitative estimate of drug-likeness (QED) is 0.580. The highest BCUT2D eigenvalue weighted by Crippen LogP contribution is 2.21. The first-order valence-corrected chi connectivity index (χ1v) is 7.77. The number of hydrogen-bond donors (Lipinski definition) is 0. The highest BCUT2D eigenvalue weighted by molar-refractivity contribution is 5.57. The van der Waals surface area contributed by atoms with Gasteiger partial charge < -0.3 is 4.90 Å². The minimum Gasteiger partial charge on any atom is -0.339 e. The number of unbranched alkanes of at least 4 members (excludes halogenated alkanes) is 4. The molecule has 0 bridgehead atoms. The number of hydrazone groups is 1. The third-order valence-electron chi connectivity index (χ3n) is 3.60. The van der Waals surface area contributed by atoms with Crippen LogP contribution in [0.15, 0.2) is 5.10 Å². The molecule has 0 aromatic rings. The lowest BCUT2D eigenvalue weighted by atomic mass is 10.1. The topological polar surface area (TPSA) is 18.8 Å². The summed E-state index contributed by atoms with van der Waals surface area (Å²) >= 11 is 0. The molecule has 0 amide bonds. The number of rotatable bonds is 9. The molecule has 0 N–H and O–H groups in total. The molecule has 0 saturated heterocycles. The molecule has 1 aliphatic rings. The molecule has 0 aromatic carbocycles. The molecule has 3 nitrogen and oxygen atoms in total. The zero-order chi connectivity index (χ0) is 13.4. The molecule has 1 rings (SSSR count). The van der Waals surface area contributed by atoms with Crippen molar-refractivity contribution in [2.24, 2.45) is 11.0 Å². The summed E-state index contributed by atoms with van der Waals surface area (Å²) in [4.78, 5) is 2.42. The van der Waals surface area contributed by atoms with Gasteiger partial charge in [-0.15, -0.1) is 0 Å².